The summed E-state index contributed by atoms with van der Waals surface area (Å²) in [6.45, 7) is 6.01. The molecule has 2 amide bonds. The Morgan fingerprint density at radius 2 is 1.83 bits per heavy atom. The number of amides is 2. The number of anilines is 1. The van der Waals surface area contributed by atoms with Crippen molar-refractivity contribution in [2.75, 3.05) is 25.1 Å². The van der Waals surface area contributed by atoms with E-state index in [0.717, 1.165) is 16.0 Å². The van der Waals surface area contributed by atoms with Gasteiger partial charge < -0.3 is 24.6 Å². The van der Waals surface area contributed by atoms with E-state index in [1.165, 1.54) is 49.0 Å². The zero-order valence-corrected chi connectivity index (χ0v) is 26.9. The smallest absolute Gasteiger partial charge is 0.412 e. The molecule has 0 radical (unpaired) electrons. The van der Waals surface area contributed by atoms with E-state index >= 15 is 4.39 Å². The van der Waals surface area contributed by atoms with E-state index in [-0.39, 0.29) is 23.2 Å². The summed E-state index contributed by atoms with van der Waals surface area (Å²) in [5.74, 6) is -0.945. The first-order valence-electron chi connectivity index (χ1n) is 14.9. The van der Waals surface area contributed by atoms with E-state index in [4.69, 9.17) is 9.47 Å². The summed E-state index contributed by atoms with van der Waals surface area (Å²) in [7, 11) is 1.52. The number of thiazole rings is 1. The molecule has 2 unspecified atom stereocenters. The molecule has 15 heteroatoms. The molecule has 5 heterocycles. The van der Waals surface area contributed by atoms with Crippen molar-refractivity contribution in [3.05, 3.63) is 59.8 Å². The van der Waals surface area contributed by atoms with Crippen LogP contribution in [0, 0.1) is 12.7 Å². The van der Waals surface area contributed by atoms with Crippen molar-refractivity contribution in [2.45, 2.75) is 51.9 Å². The fourth-order valence-electron chi connectivity index (χ4n) is 5.42. The zero-order chi connectivity index (χ0) is 33.4. The van der Waals surface area contributed by atoms with Gasteiger partial charge in [0.25, 0.3) is 11.8 Å². The first kappa shape index (κ1) is 31.9. The molecule has 0 saturated carbocycles. The minimum atomic E-state index is -1.28. The second-order valence-corrected chi connectivity index (χ2v) is 12.3. The summed E-state index contributed by atoms with van der Waals surface area (Å²) < 4.78 is 26.4. The van der Waals surface area contributed by atoms with Gasteiger partial charge in [0.05, 0.1) is 48.4 Å². The number of aliphatic hydroxyl groups is 1. The molecule has 0 bridgehead atoms. The van der Waals surface area contributed by atoms with Crippen LogP contribution >= 0.6 is 11.3 Å². The van der Waals surface area contributed by atoms with Crippen LogP contribution in [-0.4, -0.2) is 90.5 Å². The molecular formula is C32H32FN7O6S. The normalized spacial score (nSPS) is 15.1. The second-order valence-electron chi connectivity index (χ2n) is 11.4. The minimum absolute atomic E-state index is 0.168. The lowest BCUT2D eigenvalue weighted by atomic mass is 10.1. The molecule has 1 aromatic carbocycles. The fraction of sp³-hybridized carbons (Fsp3) is 0.344. The maximum absolute atomic E-state index is 15.3. The number of fused-ring (bicyclic) bond motifs is 2. The van der Waals surface area contributed by atoms with E-state index in [2.05, 4.69) is 24.9 Å². The highest BCUT2D eigenvalue weighted by molar-refractivity contribution is 7.21. The zero-order valence-electron chi connectivity index (χ0n) is 26.0. The number of pyridine rings is 2. The van der Waals surface area contributed by atoms with E-state index < -0.39 is 30.2 Å². The van der Waals surface area contributed by atoms with Crippen LogP contribution < -0.4 is 14.4 Å². The number of halogens is 1. The molecule has 5 aromatic rings. The van der Waals surface area contributed by atoms with Crippen LogP contribution in [-0.2, 0) is 0 Å². The number of piperidine rings is 1. The molecule has 0 spiro atoms. The SMILES string of the molecule is COc1cnc2c(-c3nc4cc(F)c(OC(C)C(C)N(C(=O)O)c5ccc(C(=O)N6CCC(O)CC6)nc5)nc4s3)cc(C)cc2n1. The Morgan fingerprint density at radius 3 is 2.51 bits per heavy atom. The van der Waals surface area contributed by atoms with Crippen molar-refractivity contribution in [1.29, 1.82) is 0 Å². The van der Waals surface area contributed by atoms with Crippen molar-refractivity contribution in [3.63, 3.8) is 0 Å². The third kappa shape index (κ3) is 6.49. The summed E-state index contributed by atoms with van der Waals surface area (Å²) in [6, 6.07) is 7.21. The lowest BCUT2D eigenvalue weighted by Crippen LogP contribution is -2.46. The molecule has 6 rings (SSSR count). The summed E-state index contributed by atoms with van der Waals surface area (Å²) in [4.78, 5) is 50.5. The number of carboxylic acid groups (broad SMARTS) is 1. The number of aromatic nitrogens is 5. The Kier molecular flexibility index (Phi) is 8.84. The standard InChI is InChI=1S/C32H32FN7O6S/c1-16-11-21(27-24(12-16)36-26(45-4)15-35-27)29-37-25-13-22(33)28(38-30(25)47-29)46-18(3)17(2)40(32(43)44)19-5-6-23(34-14-19)31(42)39-9-7-20(41)8-10-39/h5-6,11-15,17-18,20,41H,7-10H2,1-4H3,(H,43,44). The number of aliphatic hydroxyl groups excluding tert-OH is 1. The molecule has 1 aliphatic heterocycles. The Balaban J connectivity index is 1.22. The molecule has 47 heavy (non-hydrogen) atoms. The topological polar surface area (TPSA) is 164 Å². The van der Waals surface area contributed by atoms with E-state index in [1.807, 2.05) is 19.1 Å². The number of methoxy groups -OCH3 is 1. The number of rotatable bonds is 8. The minimum Gasteiger partial charge on any atom is -0.480 e. The molecule has 244 valence electrons. The van der Waals surface area contributed by atoms with Crippen molar-refractivity contribution in [3.8, 4) is 22.3 Å². The largest absolute Gasteiger partial charge is 0.480 e. The Morgan fingerprint density at radius 1 is 1.06 bits per heavy atom. The fourth-order valence-corrected chi connectivity index (χ4v) is 6.35. The quantitative estimate of drug-likeness (QED) is 0.228. The highest BCUT2D eigenvalue weighted by Gasteiger charge is 2.30. The number of aryl methyl sites for hydroxylation is 1. The van der Waals surface area contributed by atoms with Gasteiger partial charge in [-0.3, -0.25) is 9.69 Å². The van der Waals surface area contributed by atoms with Gasteiger partial charge in [-0.05, 0) is 63.4 Å². The number of hydrogen-bond donors (Lipinski definition) is 2. The molecule has 2 N–H and O–H groups in total. The third-order valence-corrected chi connectivity index (χ3v) is 9.10. The number of likely N-dealkylation sites (tertiary alicyclic amines) is 1. The highest BCUT2D eigenvalue weighted by Crippen LogP contribution is 2.36. The van der Waals surface area contributed by atoms with Crippen LogP contribution in [0.15, 0.2) is 42.7 Å². The summed E-state index contributed by atoms with van der Waals surface area (Å²) in [5, 5.41) is 20.4. The predicted molar refractivity (Wildman–Crippen MR) is 173 cm³/mol. The molecule has 13 nitrogen and oxygen atoms in total. The number of hydrogen-bond acceptors (Lipinski definition) is 11. The Hall–Kier alpha value is -5.02. The molecule has 0 aliphatic carbocycles. The monoisotopic (exact) mass is 661 g/mol. The number of carbonyl (C=O) groups excluding carboxylic acids is 1. The van der Waals surface area contributed by atoms with Crippen LogP contribution in [0.5, 0.6) is 11.8 Å². The van der Waals surface area contributed by atoms with Crippen molar-refractivity contribution >= 4 is 50.4 Å². The van der Waals surface area contributed by atoms with Crippen LogP contribution in [0.2, 0.25) is 0 Å². The van der Waals surface area contributed by atoms with Crippen LogP contribution in [0.1, 0.15) is 42.7 Å². The highest BCUT2D eigenvalue weighted by atomic mass is 32.1. The summed E-state index contributed by atoms with van der Waals surface area (Å²) >= 11 is 1.24. The van der Waals surface area contributed by atoms with Gasteiger partial charge in [-0.1, -0.05) is 11.3 Å². The molecule has 1 fully saturated rings. The lowest BCUT2D eigenvalue weighted by molar-refractivity contribution is 0.0541. The summed E-state index contributed by atoms with van der Waals surface area (Å²) in [5.41, 5.74) is 3.61. The van der Waals surface area contributed by atoms with Gasteiger partial charge in [0, 0.05) is 24.7 Å². The molecule has 1 aliphatic rings. The van der Waals surface area contributed by atoms with E-state index in [9.17, 15) is 19.8 Å². The van der Waals surface area contributed by atoms with E-state index in [1.54, 1.807) is 18.7 Å². The molecule has 2 atom stereocenters. The first-order valence-corrected chi connectivity index (χ1v) is 15.7. The van der Waals surface area contributed by atoms with Gasteiger partial charge in [-0.15, -0.1) is 0 Å². The second kappa shape index (κ2) is 13.0. The molecule has 1 saturated heterocycles. The molecular weight excluding hydrogens is 629 g/mol. The van der Waals surface area contributed by atoms with Gasteiger partial charge >= 0.3 is 6.09 Å². The Bertz CT molecular complexity index is 1970. The number of ether oxygens (including phenoxy) is 2. The lowest BCUT2D eigenvalue weighted by Gasteiger charge is -2.31. The van der Waals surface area contributed by atoms with Crippen LogP contribution in [0.4, 0.5) is 14.9 Å². The van der Waals surface area contributed by atoms with Crippen molar-refractivity contribution in [2.24, 2.45) is 0 Å². The average molecular weight is 662 g/mol. The van der Waals surface area contributed by atoms with Crippen LogP contribution in [0.25, 0.3) is 32.0 Å². The number of benzene rings is 1. The number of nitrogens with zero attached hydrogens (tertiary/aromatic N) is 7. The maximum atomic E-state index is 15.3. The Labute approximate surface area is 272 Å². The van der Waals surface area contributed by atoms with Gasteiger partial charge in [0.15, 0.2) is 5.82 Å². The maximum Gasteiger partial charge on any atom is 0.412 e. The van der Waals surface area contributed by atoms with Gasteiger partial charge in [-0.25, -0.2) is 29.1 Å². The van der Waals surface area contributed by atoms with Gasteiger partial charge in [0.1, 0.15) is 27.2 Å². The van der Waals surface area contributed by atoms with Crippen molar-refractivity contribution in [1.82, 2.24) is 29.8 Å². The third-order valence-electron chi connectivity index (χ3n) is 8.10. The average Bonchev–Trinajstić information content (AvgIpc) is 3.46. The van der Waals surface area contributed by atoms with Gasteiger partial charge in [0.2, 0.25) is 5.88 Å². The van der Waals surface area contributed by atoms with Gasteiger partial charge in [-0.2, -0.15) is 4.98 Å². The molecule has 4 aromatic heterocycles. The first-order chi connectivity index (χ1) is 22.5. The summed E-state index contributed by atoms with van der Waals surface area (Å²) in [6.07, 6.45) is 1.28. The predicted octanol–water partition coefficient (Wildman–Crippen LogP) is 5.09. The van der Waals surface area contributed by atoms with Crippen LogP contribution in [0.3, 0.4) is 0 Å². The van der Waals surface area contributed by atoms with E-state index in [0.29, 0.717) is 58.2 Å². The van der Waals surface area contributed by atoms with Crippen molar-refractivity contribution < 1.29 is 33.7 Å². The number of carbonyl (C=O) groups is 2.